The molecule has 0 spiro atoms. The van der Waals surface area contributed by atoms with Crippen LogP contribution >= 0.6 is 11.8 Å². The topological polar surface area (TPSA) is 29.1 Å². The van der Waals surface area contributed by atoms with Crippen LogP contribution in [-0.2, 0) is 4.79 Å². The smallest absolute Gasteiger partial charge is 0.234 e. The number of allylic oxidation sites excluding steroid dienone is 2. The van der Waals surface area contributed by atoms with Crippen LogP contribution in [0.5, 0.6) is 0 Å². The molecule has 0 radical (unpaired) electrons. The van der Waals surface area contributed by atoms with Crippen LogP contribution in [0.15, 0.2) is 41.3 Å². The molecule has 0 atom stereocenters. The molecule has 1 aromatic carbocycles. The largest absolute Gasteiger partial charge is 0.325 e. The predicted molar refractivity (Wildman–Crippen MR) is 76.2 cm³/mol. The fourth-order valence-corrected chi connectivity index (χ4v) is 2.29. The van der Waals surface area contributed by atoms with Crippen LogP contribution in [0.4, 0.5) is 5.69 Å². The summed E-state index contributed by atoms with van der Waals surface area (Å²) in [6.45, 7) is 4.23. The van der Waals surface area contributed by atoms with Crippen molar-refractivity contribution >= 4 is 23.4 Å². The van der Waals surface area contributed by atoms with E-state index >= 15 is 0 Å². The molecule has 0 aliphatic carbocycles. The normalized spacial score (nSPS) is 11.3. The summed E-state index contributed by atoms with van der Waals surface area (Å²) >= 11 is 1.62. The average Bonchev–Trinajstić information content (AvgIpc) is 2.35. The van der Waals surface area contributed by atoms with Gasteiger partial charge in [0.1, 0.15) is 0 Å². The number of hydrogen-bond donors (Lipinski definition) is 1. The van der Waals surface area contributed by atoms with Crippen molar-refractivity contribution in [2.24, 2.45) is 0 Å². The molecule has 0 unspecified atom stereocenters. The summed E-state index contributed by atoms with van der Waals surface area (Å²) in [5.74, 6) is 0.533. The van der Waals surface area contributed by atoms with Gasteiger partial charge in [-0.25, -0.2) is 0 Å². The fraction of sp³-hybridized carbons (Fsp3) is 0.357. The van der Waals surface area contributed by atoms with Gasteiger partial charge < -0.3 is 5.32 Å². The molecule has 17 heavy (non-hydrogen) atoms. The van der Waals surface area contributed by atoms with Crippen molar-refractivity contribution in [3.05, 3.63) is 41.3 Å². The Morgan fingerprint density at radius 1 is 1.29 bits per heavy atom. The highest BCUT2D eigenvalue weighted by Gasteiger charge is 2.03. The van der Waals surface area contributed by atoms with Crippen molar-refractivity contribution in [1.29, 1.82) is 0 Å². The lowest BCUT2D eigenvalue weighted by atomic mass is 10.3. The second-order valence-electron chi connectivity index (χ2n) is 3.64. The number of para-hydroxylation sites is 1. The summed E-state index contributed by atoms with van der Waals surface area (Å²) in [6, 6.07) is 9.55. The molecule has 3 heteroatoms. The van der Waals surface area contributed by atoms with E-state index in [9.17, 15) is 4.79 Å². The molecule has 2 nitrogen and oxygen atoms in total. The second-order valence-corrected chi connectivity index (χ2v) is 4.74. The van der Waals surface area contributed by atoms with Gasteiger partial charge in [0.2, 0.25) is 5.91 Å². The first-order valence-corrected chi connectivity index (χ1v) is 6.91. The van der Waals surface area contributed by atoms with E-state index in [1.165, 1.54) is 4.91 Å². The van der Waals surface area contributed by atoms with Gasteiger partial charge in [-0.15, -0.1) is 11.8 Å². The van der Waals surface area contributed by atoms with Gasteiger partial charge in [0, 0.05) is 5.69 Å². The molecular weight excluding hydrogens is 230 g/mol. The number of carbonyl (C=O) groups is 1. The monoisotopic (exact) mass is 249 g/mol. The van der Waals surface area contributed by atoms with Crippen LogP contribution in [0.1, 0.15) is 26.7 Å². The maximum atomic E-state index is 11.7. The van der Waals surface area contributed by atoms with Crippen molar-refractivity contribution in [3.8, 4) is 0 Å². The number of amides is 1. The summed E-state index contributed by atoms with van der Waals surface area (Å²) in [5.41, 5.74) is 0.857. The fourth-order valence-electron chi connectivity index (χ4n) is 1.41. The molecule has 0 fully saturated rings. The van der Waals surface area contributed by atoms with Crippen molar-refractivity contribution < 1.29 is 4.79 Å². The van der Waals surface area contributed by atoms with E-state index in [0.29, 0.717) is 5.75 Å². The van der Waals surface area contributed by atoms with Gasteiger partial charge in [-0.1, -0.05) is 38.1 Å². The predicted octanol–water partition coefficient (Wildman–Crippen LogP) is 4.06. The number of nitrogens with one attached hydrogen (secondary N) is 1. The van der Waals surface area contributed by atoms with Gasteiger partial charge in [-0.2, -0.15) is 0 Å². The Hall–Kier alpha value is -1.22. The zero-order chi connectivity index (χ0) is 12.5. The number of carbonyl (C=O) groups excluding carboxylic acids is 1. The second kappa shape index (κ2) is 7.96. The van der Waals surface area contributed by atoms with Gasteiger partial charge in [-0.05, 0) is 29.9 Å². The highest BCUT2D eigenvalue weighted by molar-refractivity contribution is 8.03. The van der Waals surface area contributed by atoms with Crippen LogP contribution in [-0.4, -0.2) is 11.7 Å². The minimum Gasteiger partial charge on any atom is -0.325 e. The molecule has 0 aliphatic heterocycles. The van der Waals surface area contributed by atoms with Crippen LogP contribution in [0.25, 0.3) is 0 Å². The summed E-state index contributed by atoms with van der Waals surface area (Å²) in [4.78, 5) is 13.0. The average molecular weight is 249 g/mol. The van der Waals surface area contributed by atoms with Crippen LogP contribution in [0, 0.1) is 0 Å². The maximum absolute atomic E-state index is 11.7. The van der Waals surface area contributed by atoms with Crippen molar-refractivity contribution in [2.45, 2.75) is 26.7 Å². The zero-order valence-corrected chi connectivity index (χ0v) is 11.2. The molecule has 1 rings (SSSR count). The maximum Gasteiger partial charge on any atom is 0.234 e. The van der Waals surface area contributed by atoms with Crippen molar-refractivity contribution in [3.63, 3.8) is 0 Å². The lowest BCUT2D eigenvalue weighted by Gasteiger charge is -2.06. The first-order chi connectivity index (χ1) is 8.26. The number of hydrogen-bond acceptors (Lipinski definition) is 2. The summed E-state index contributed by atoms with van der Waals surface area (Å²) < 4.78 is 0. The van der Waals surface area contributed by atoms with E-state index in [4.69, 9.17) is 0 Å². The standard InChI is InChI=1S/C14H19NOS/c1-3-8-13(4-2)17-11-14(16)15-12-9-6-5-7-10-12/h5-10H,3-4,11H2,1-2H3,(H,15,16)/b13-8-. The number of rotatable bonds is 6. The van der Waals surface area contributed by atoms with Crippen molar-refractivity contribution in [1.82, 2.24) is 0 Å². The minimum atomic E-state index is 0.0525. The Balaban J connectivity index is 2.38. The Bertz CT molecular complexity index is 373. The lowest BCUT2D eigenvalue weighted by Crippen LogP contribution is -2.13. The first kappa shape index (κ1) is 13.8. The molecule has 1 N–H and O–H groups in total. The molecule has 92 valence electrons. The molecule has 0 aromatic heterocycles. The lowest BCUT2D eigenvalue weighted by molar-refractivity contribution is -0.113. The van der Waals surface area contributed by atoms with E-state index < -0.39 is 0 Å². The molecule has 0 bridgehead atoms. The Morgan fingerprint density at radius 2 is 2.00 bits per heavy atom. The Labute approximate surface area is 107 Å². The van der Waals surface area contributed by atoms with Crippen LogP contribution in [0.3, 0.4) is 0 Å². The van der Waals surface area contributed by atoms with Gasteiger partial charge in [0.15, 0.2) is 0 Å². The number of anilines is 1. The number of thioether (sulfide) groups is 1. The highest BCUT2D eigenvalue weighted by atomic mass is 32.2. The summed E-state index contributed by atoms with van der Waals surface area (Å²) in [6.07, 6.45) is 4.20. The SMILES string of the molecule is CC/C=C(/CC)SCC(=O)Nc1ccccc1. The third kappa shape index (κ3) is 5.59. The van der Waals surface area contributed by atoms with Gasteiger partial charge in [-0.3, -0.25) is 4.79 Å². The van der Waals surface area contributed by atoms with Gasteiger partial charge in [0.25, 0.3) is 0 Å². The summed E-state index contributed by atoms with van der Waals surface area (Å²) in [5, 5.41) is 2.88. The Kier molecular flexibility index (Phi) is 6.48. The van der Waals surface area contributed by atoms with Crippen LogP contribution in [0.2, 0.25) is 0 Å². The molecular formula is C14H19NOS. The van der Waals surface area contributed by atoms with Crippen molar-refractivity contribution in [2.75, 3.05) is 11.1 Å². The first-order valence-electron chi connectivity index (χ1n) is 5.93. The number of benzene rings is 1. The minimum absolute atomic E-state index is 0.0525. The van der Waals surface area contributed by atoms with E-state index in [1.54, 1.807) is 11.8 Å². The van der Waals surface area contributed by atoms with E-state index in [-0.39, 0.29) is 5.91 Å². The third-order valence-corrected chi connectivity index (χ3v) is 3.46. The molecule has 1 aromatic rings. The van der Waals surface area contributed by atoms with E-state index in [1.807, 2.05) is 30.3 Å². The molecule has 1 amide bonds. The third-order valence-electron chi connectivity index (χ3n) is 2.23. The molecule has 0 saturated heterocycles. The Morgan fingerprint density at radius 3 is 2.59 bits per heavy atom. The van der Waals surface area contributed by atoms with Gasteiger partial charge in [0.05, 0.1) is 5.75 Å². The molecule has 0 aliphatic rings. The quantitative estimate of drug-likeness (QED) is 0.823. The van der Waals surface area contributed by atoms with Crippen LogP contribution < -0.4 is 5.32 Å². The zero-order valence-electron chi connectivity index (χ0n) is 10.4. The highest BCUT2D eigenvalue weighted by Crippen LogP contribution is 2.19. The van der Waals surface area contributed by atoms with Gasteiger partial charge >= 0.3 is 0 Å². The molecule has 0 saturated carbocycles. The van der Waals surface area contributed by atoms with E-state index in [0.717, 1.165) is 18.5 Å². The molecule has 0 heterocycles. The summed E-state index contributed by atoms with van der Waals surface area (Å²) in [7, 11) is 0. The van der Waals surface area contributed by atoms with E-state index in [2.05, 4.69) is 25.2 Å².